The third-order valence-corrected chi connectivity index (χ3v) is 4.04. The van der Waals surface area contributed by atoms with Gasteiger partial charge in [0.25, 0.3) is 11.5 Å². The van der Waals surface area contributed by atoms with E-state index in [2.05, 4.69) is 10.4 Å². The number of fused-ring (bicyclic) bond motifs is 1. The van der Waals surface area contributed by atoms with E-state index in [0.717, 1.165) is 12.8 Å². The molecule has 1 atom stereocenters. The largest absolute Gasteiger partial charge is 0.448 e. The minimum atomic E-state index is -0.995. The van der Waals surface area contributed by atoms with Crippen molar-refractivity contribution in [3.63, 3.8) is 0 Å². The molecule has 1 aromatic carbocycles. The van der Waals surface area contributed by atoms with Gasteiger partial charge in [-0.05, 0) is 19.4 Å². The maximum Gasteiger partial charge on any atom is 0.360 e. The number of hydrogen-bond acceptors (Lipinski definition) is 6. The summed E-state index contributed by atoms with van der Waals surface area (Å²) >= 11 is 0. The number of esters is 1. The zero-order chi connectivity index (χ0) is 19.8. The van der Waals surface area contributed by atoms with Crippen LogP contribution in [0.2, 0.25) is 0 Å². The molecule has 2 rings (SSSR count). The summed E-state index contributed by atoms with van der Waals surface area (Å²) in [6.07, 6.45) is 0.656. The Morgan fingerprint density at radius 2 is 1.96 bits per heavy atom. The van der Waals surface area contributed by atoms with Gasteiger partial charge >= 0.3 is 5.97 Å². The number of benzene rings is 1. The summed E-state index contributed by atoms with van der Waals surface area (Å²) in [5, 5.41) is 7.62. The molecular weight excluding hydrogens is 350 g/mol. The molecule has 8 heteroatoms. The van der Waals surface area contributed by atoms with Gasteiger partial charge in [0, 0.05) is 25.6 Å². The second-order valence-corrected chi connectivity index (χ2v) is 6.11. The molecule has 2 aromatic rings. The zero-order valence-electron chi connectivity index (χ0n) is 15.9. The van der Waals surface area contributed by atoms with Crippen molar-refractivity contribution in [2.24, 2.45) is 0 Å². The number of nitrogens with zero attached hydrogens (tertiary/aromatic N) is 2. The van der Waals surface area contributed by atoms with Crippen molar-refractivity contribution < 1.29 is 19.1 Å². The van der Waals surface area contributed by atoms with Crippen LogP contribution in [0.15, 0.2) is 29.1 Å². The number of hydrogen-bond donors (Lipinski definition) is 1. The molecular formula is C19H25N3O5. The van der Waals surface area contributed by atoms with E-state index in [9.17, 15) is 14.4 Å². The van der Waals surface area contributed by atoms with Gasteiger partial charge in [-0.1, -0.05) is 31.5 Å². The first-order chi connectivity index (χ1) is 13.0. The fourth-order valence-corrected chi connectivity index (χ4v) is 2.54. The lowest BCUT2D eigenvalue weighted by atomic mass is 10.1. The number of aryl methyl sites for hydroxylation is 1. The van der Waals surface area contributed by atoms with E-state index in [1.807, 2.05) is 6.92 Å². The van der Waals surface area contributed by atoms with Crippen LogP contribution in [0.4, 0.5) is 0 Å². The van der Waals surface area contributed by atoms with Crippen molar-refractivity contribution in [2.45, 2.75) is 39.3 Å². The molecule has 0 aliphatic heterocycles. The van der Waals surface area contributed by atoms with Gasteiger partial charge in [-0.15, -0.1) is 0 Å². The van der Waals surface area contributed by atoms with E-state index in [1.54, 1.807) is 24.3 Å². The third-order valence-electron chi connectivity index (χ3n) is 4.04. The summed E-state index contributed by atoms with van der Waals surface area (Å²) in [7, 11) is 1.53. The van der Waals surface area contributed by atoms with Crippen LogP contribution in [0.25, 0.3) is 10.8 Å². The van der Waals surface area contributed by atoms with Gasteiger partial charge in [-0.25, -0.2) is 9.48 Å². The first kappa shape index (κ1) is 20.6. The van der Waals surface area contributed by atoms with Crippen molar-refractivity contribution in [1.29, 1.82) is 0 Å². The Morgan fingerprint density at radius 3 is 2.63 bits per heavy atom. The van der Waals surface area contributed by atoms with Gasteiger partial charge in [-0.3, -0.25) is 9.59 Å². The average molecular weight is 375 g/mol. The Kier molecular flexibility index (Phi) is 7.48. The SMILES string of the molecule is CCCCn1nc(C(=O)O[C@@H](C)C(=O)NCCOC)c2ccccc2c1=O. The van der Waals surface area contributed by atoms with Crippen molar-refractivity contribution in [1.82, 2.24) is 15.1 Å². The van der Waals surface area contributed by atoms with Crippen molar-refractivity contribution in [2.75, 3.05) is 20.3 Å². The van der Waals surface area contributed by atoms with Gasteiger partial charge in [-0.2, -0.15) is 5.10 Å². The predicted octanol–water partition coefficient (Wildman–Crippen LogP) is 1.50. The smallest absolute Gasteiger partial charge is 0.360 e. The van der Waals surface area contributed by atoms with E-state index in [1.165, 1.54) is 18.7 Å². The Hall–Kier alpha value is -2.74. The van der Waals surface area contributed by atoms with Crippen LogP contribution >= 0.6 is 0 Å². The third kappa shape index (κ3) is 5.13. The first-order valence-corrected chi connectivity index (χ1v) is 8.97. The van der Waals surface area contributed by atoms with Crippen LogP contribution < -0.4 is 10.9 Å². The van der Waals surface area contributed by atoms with E-state index in [0.29, 0.717) is 30.5 Å². The lowest BCUT2D eigenvalue weighted by Gasteiger charge is -2.15. The van der Waals surface area contributed by atoms with Crippen molar-refractivity contribution >= 4 is 22.6 Å². The number of carbonyl (C=O) groups is 2. The first-order valence-electron chi connectivity index (χ1n) is 8.97. The molecule has 0 radical (unpaired) electrons. The molecule has 0 saturated heterocycles. The highest BCUT2D eigenvalue weighted by Gasteiger charge is 2.23. The average Bonchev–Trinajstić information content (AvgIpc) is 2.67. The Bertz CT molecular complexity index is 862. The van der Waals surface area contributed by atoms with E-state index >= 15 is 0 Å². The Balaban J connectivity index is 2.28. The number of aromatic nitrogens is 2. The monoisotopic (exact) mass is 375 g/mol. The maximum atomic E-state index is 12.6. The minimum absolute atomic E-state index is 0.0258. The van der Waals surface area contributed by atoms with Crippen LogP contribution in [0.1, 0.15) is 37.2 Å². The fraction of sp³-hybridized carbons (Fsp3) is 0.474. The molecule has 0 aliphatic carbocycles. The molecule has 1 aromatic heterocycles. The van der Waals surface area contributed by atoms with Crippen molar-refractivity contribution in [3.05, 3.63) is 40.3 Å². The standard InChI is InChI=1S/C19H25N3O5/c1-4-5-11-22-18(24)15-9-7-6-8-14(15)16(21-22)19(25)27-13(2)17(23)20-10-12-26-3/h6-9,13H,4-5,10-12H2,1-3H3,(H,20,23)/t13-/m0/s1. The van der Waals surface area contributed by atoms with Gasteiger partial charge in [0.1, 0.15) is 0 Å². The van der Waals surface area contributed by atoms with Crippen LogP contribution in [0.3, 0.4) is 0 Å². The highest BCUT2D eigenvalue weighted by Crippen LogP contribution is 2.15. The summed E-state index contributed by atoms with van der Waals surface area (Å²) < 4.78 is 11.4. The predicted molar refractivity (Wildman–Crippen MR) is 101 cm³/mol. The van der Waals surface area contributed by atoms with Crippen LogP contribution in [-0.2, 0) is 20.8 Å². The lowest BCUT2D eigenvalue weighted by Crippen LogP contribution is -2.38. The van der Waals surface area contributed by atoms with Gasteiger partial charge in [0.2, 0.25) is 0 Å². The number of rotatable bonds is 9. The number of methoxy groups -OCH3 is 1. The normalized spacial score (nSPS) is 12.0. The molecule has 0 unspecified atom stereocenters. The number of unbranched alkanes of at least 4 members (excludes halogenated alkanes) is 1. The molecule has 0 spiro atoms. The van der Waals surface area contributed by atoms with E-state index in [4.69, 9.17) is 9.47 Å². The zero-order valence-corrected chi connectivity index (χ0v) is 15.9. The fourth-order valence-electron chi connectivity index (χ4n) is 2.54. The molecule has 27 heavy (non-hydrogen) atoms. The number of nitrogens with one attached hydrogen (secondary N) is 1. The molecule has 0 saturated carbocycles. The van der Waals surface area contributed by atoms with Crippen molar-refractivity contribution in [3.8, 4) is 0 Å². The Morgan fingerprint density at radius 1 is 1.26 bits per heavy atom. The molecule has 1 N–H and O–H groups in total. The second-order valence-electron chi connectivity index (χ2n) is 6.11. The lowest BCUT2D eigenvalue weighted by molar-refractivity contribution is -0.129. The van der Waals surface area contributed by atoms with Crippen LogP contribution in [-0.4, -0.2) is 48.0 Å². The van der Waals surface area contributed by atoms with E-state index in [-0.39, 0.29) is 11.3 Å². The summed E-state index contributed by atoms with van der Waals surface area (Å²) in [6, 6.07) is 6.75. The molecule has 1 heterocycles. The van der Waals surface area contributed by atoms with Crippen LogP contribution in [0, 0.1) is 0 Å². The molecule has 1 amide bonds. The molecule has 0 bridgehead atoms. The summed E-state index contributed by atoms with van der Waals surface area (Å²) in [6.45, 7) is 4.58. The second kappa shape index (κ2) is 9.82. The van der Waals surface area contributed by atoms with Crippen LogP contribution in [0.5, 0.6) is 0 Å². The number of amides is 1. The van der Waals surface area contributed by atoms with E-state index < -0.39 is 18.0 Å². The molecule has 8 nitrogen and oxygen atoms in total. The highest BCUT2D eigenvalue weighted by molar-refractivity contribution is 6.02. The van der Waals surface area contributed by atoms with Gasteiger partial charge < -0.3 is 14.8 Å². The topological polar surface area (TPSA) is 99.5 Å². The molecule has 146 valence electrons. The minimum Gasteiger partial charge on any atom is -0.448 e. The Labute approximate surface area is 157 Å². The van der Waals surface area contributed by atoms with Gasteiger partial charge in [0.15, 0.2) is 11.8 Å². The highest BCUT2D eigenvalue weighted by atomic mass is 16.5. The maximum absolute atomic E-state index is 12.6. The quantitative estimate of drug-likeness (QED) is 0.527. The number of ether oxygens (including phenoxy) is 2. The summed E-state index contributed by atoms with van der Waals surface area (Å²) in [5.41, 5.74) is -0.223. The van der Waals surface area contributed by atoms with Gasteiger partial charge in [0.05, 0.1) is 12.0 Å². The molecule has 0 fully saturated rings. The number of carbonyl (C=O) groups excluding carboxylic acids is 2. The molecule has 0 aliphatic rings. The summed E-state index contributed by atoms with van der Waals surface area (Å²) in [5.74, 6) is -1.17. The summed E-state index contributed by atoms with van der Waals surface area (Å²) in [4.78, 5) is 37.2.